The highest BCUT2D eigenvalue weighted by Crippen LogP contribution is 2.26. The molecule has 0 aliphatic heterocycles. The highest BCUT2D eigenvalue weighted by Gasteiger charge is 2.29. The molecule has 2 N–H and O–H groups in total. The van der Waals surface area contributed by atoms with Gasteiger partial charge in [0.2, 0.25) is 0 Å². The fourth-order valence-electron chi connectivity index (χ4n) is 2.71. The van der Waals surface area contributed by atoms with Crippen molar-refractivity contribution in [2.75, 3.05) is 13.6 Å². The summed E-state index contributed by atoms with van der Waals surface area (Å²) in [7, 11) is 2.16. The Hall–Kier alpha value is -0.770. The lowest BCUT2D eigenvalue weighted by molar-refractivity contribution is 0.217. The molecule has 1 unspecified atom stereocenters. The Morgan fingerprint density at radius 3 is 2.50 bits per heavy atom. The number of nitrogens with one attached hydrogen (secondary N) is 2. The highest BCUT2D eigenvalue weighted by molar-refractivity contribution is 5.74. The second kappa shape index (κ2) is 6.41. The number of rotatable bonds is 5. The van der Waals surface area contributed by atoms with Crippen molar-refractivity contribution in [3.05, 3.63) is 0 Å². The van der Waals surface area contributed by atoms with Crippen LogP contribution in [-0.4, -0.2) is 42.6 Å². The third-order valence-electron chi connectivity index (χ3n) is 4.32. The SMILES string of the molecule is CC(CNC(=O)NC1CCCCC1)N(C)C1CC1. The molecule has 0 radical (unpaired) electrons. The number of hydrogen-bond donors (Lipinski definition) is 2. The van der Waals surface area contributed by atoms with Gasteiger partial charge in [0, 0.05) is 24.7 Å². The number of hydrogen-bond acceptors (Lipinski definition) is 2. The Bertz CT molecular complexity index is 272. The van der Waals surface area contributed by atoms with E-state index in [0.29, 0.717) is 12.1 Å². The van der Waals surface area contributed by atoms with E-state index >= 15 is 0 Å². The van der Waals surface area contributed by atoms with Crippen LogP contribution in [0.3, 0.4) is 0 Å². The third-order valence-corrected chi connectivity index (χ3v) is 4.32. The minimum atomic E-state index is 0.0120. The van der Waals surface area contributed by atoms with Crippen LogP contribution in [0.15, 0.2) is 0 Å². The average molecular weight is 253 g/mol. The molecule has 4 nitrogen and oxygen atoms in total. The van der Waals surface area contributed by atoms with Crippen molar-refractivity contribution in [2.45, 2.75) is 70.0 Å². The van der Waals surface area contributed by atoms with E-state index in [2.05, 4.69) is 29.5 Å². The molecule has 18 heavy (non-hydrogen) atoms. The monoisotopic (exact) mass is 253 g/mol. The first-order valence-electron chi connectivity index (χ1n) is 7.43. The van der Waals surface area contributed by atoms with Crippen molar-refractivity contribution < 1.29 is 4.79 Å². The second-order valence-corrected chi connectivity index (χ2v) is 5.93. The van der Waals surface area contributed by atoms with Crippen LogP contribution >= 0.6 is 0 Å². The molecule has 0 aromatic rings. The van der Waals surface area contributed by atoms with E-state index in [4.69, 9.17) is 0 Å². The molecule has 4 heteroatoms. The van der Waals surface area contributed by atoms with Crippen LogP contribution in [0.25, 0.3) is 0 Å². The molecule has 0 heterocycles. The highest BCUT2D eigenvalue weighted by atomic mass is 16.2. The molecule has 2 aliphatic carbocycles. The van der Waals surface area contributed by atoms with Crippen molar-refractivity contribution in [1.29, 1.82) is 0 Å². The standard InChI is InChI=1S/C14H27N3O/c1-11(17(2)13-8-9-13)10-15-14(18)16-12-6-4-3-5-7-12/h11-13H,3-10H2,1-2H3,(H2,15,16,18). The van der Waals surface area contributed by atoms with Gasteiger partial charge in [0.25, 0.3) is 0 Å². The van der Waals surface area contributed by atoms with E-state index in [-0.39, 0.29) is 6.03 Å². The average Bonchev–Trinajstić information content (AvgIpc) is 3.20. The topological polar surface area (TPSA) is 44.4 Å². The molecular formula is C14H27N3O. The van der Waals surface area contributed by atoms with Gasteiger partial charge in [-0.3, -0.25) is 4.90 Å². The summed E-state index contributed by atoms with van der Waals surface area (Å²) in [5, 5.41) is 6.09. The van der Waals surface area contributed by atoms with Crippen molar-refractivity contribution in [2.24, 2.45) is 0 Å². The van der Waals surface area contributed by atoms with E-state index in [1.807, 2.05) is 0 Å². The molecule has 0 aromatic carbocycles. The van der Waals surface area contributed by atoms with Crippen LogP contribution in [-0.2, 0) is 0 Å². The van der Waals surface area contributed by atoms with Gasteiger partial charge in [0.05, 0.1) is 0 Å². The minimum absolute atomic E-state index is 0.0120. The Morgan fingerprint density at radius 2 is 1.89 bits per heavy atom. The molecule has 104 valence electrons. The second-order valence-electron chi connectivity index (χ2n) is 5.93. The first kappa shape index (κ1) is 13.7. The van der Waals surface area contributed by atoms with Crippen LogP contribution < -0.4 is 10.6 Å². The van der Waals surface area contributed by atoms with E-state index in [1.54, 1.807) is 0 Å². The molecule has 1 atom stereocenters. The van der Waals surface area contributed by atoms with Gasteiger partial charge < -0.3 is 10.6 Å². The zero-order chi connectivity index (χ0) is 13.0. The summed E-state index contributed by atoms with van der Waals surface area (Å²) < 4.78 is 0. The van der Waals surface area contributed by atoms with Gasteiger partial charge in [0.15, 0.2) is 0 Å². The molecule has 0 aromatic heterocycles. The Kier molecular flexibility index (Phi) is 4.87. The number of urea groups is 1. The summed E-state index contributed by atoms with van der Waals surface area (Å²) in [6, 6.07) is 1.59. The largest absolute Gasteiger partial charge is 0.337 e. The molecule has 2 saturated carbocycles. The van der Waals surface area contributed by atoms with E-state index < -0.39 is 0 Å². The van der Waals surface area contributed by atoms with Crippen LogP contribution in [0, 0.1) is 0 Å². The fraction of sp³-hybridized carbons (Fsp3) is 0.929. The van der Waals surface area contributed by atoms with Gasteiger partial charge in [-0.2, -0.15) is 0 Å². The van der Waals surface area contributed by atoms with Crippen LogP contribution in [0.4, 0.5) is 4.79 Å². The molecule has 2 amide bonds. The molecule has 2 aliphatic rings. The number of nitrogens with zero attached hydrogens (tertiary/aromatic N) is 1. The number of carbonyl (C=O) groups is 1. The summed E-state index contributed by atoms with van der Waals surface area (Å²) in [5.74, 6) is 0. The van der Waals surface area contributed by atoms with E-state index in [0.717, 1.165) is 25.4 Å². The quantitative estimate of drug-likeness (QED) is 0.788. The van der Waals surface area contributed by atoms with Gasteiger partial charge in [-0.25, -0.2) is 4.79 Å². The lowest BCUT2D eigenvalue weighted by Gasteiger charge is -2.26. The first-order valence-corrected chi connectivity index (χ1v) is 7.43. The third kappa shape index (κ3) is 4.16. The van der Waals surface area contributed by atoms with Crippen molar-refractivity contribution in [1.82, 2.24) is 15.5 Å². The van der Waals surface area contributed by atoms with Gasteiger partial charge in [0.1, 0.15) is 0 Å². The molecule has 2 fully saturated rings. The van der Waals surface area contributed by atoms with E-state index in [9.17, 15) is 4.79 Å². The normalized spacial score (nSPS) is 22.8. The van der Waals surface area contributed by atoms with Gasteiger partial charge >= 0.3 is 6.03 Å². The summed E-state index contributed by atoms with van der Waals surface area (Å²) in [6.07, 6.45) is 8.75. The predicted molar refractivity (Wildman–Crippen MR) is 73.7 cm³/mol. The molecule has 2 rings (SSSR count). The maximum Gasteiger partial charge on any atom is 0.315 e. The van der Waals surface area contributed by atoms with Gasteiger partial charge in [-0.05, 0) is 39.7 Å². The fourth-order valence-corrected chi connectivity index (χ4v) is 2.71. The minimum Gasteiger partial charge on any atom is -0.337 e. The summed E-state index contributed by atoms with van der Waals surface area (Å²) >= 11 is 0. The zero-order valence-electron chi connectivity index (χ0n) is 11.7. The van der Waals surface area contributed by atoms with Crippen LogP contribution in [0.2, 0.25) is 0 Å². The maximum absolute atomic E-state index is 11.8. The Balaban J connectivity index is 1.61. The lowest BCUT2D eigenvalue weighted by Crippen LogP contribution is -2.47. The Labute approximate surface area is 110 Å². The molecular weight excluding hydrogens is 226 g/mol. The molecule has 0 spiro atoms. The maximum atomic E-state index is 11.8. The molecule has 0 bridgehead atoms. The number of carbonyl (C=O) groups excluding carboxylic acids is 1. The number of likely N-dealkylation sites (N-methyl/N-ethyl adjacent to an activating group) is 1. The smallest absolute Gasteiger partial charge is 0.315 e. The summed E-state index contributed by atoms with van der Waals surface area (Å²) in [4.78, 5) is 14.2. The molecule has 0 saturated heterocycles. The first-order chi connectivity index (χ1) is 8.66. The summed E-state index contributed by atoms with van der Waals surface area (Å²) in [5.41, 5.74) is 0. The Morgan fingerprint density at radius 1 is 1.22 bits per heavy atom. The van der Waals surface area contributed by atoms with Crippen LogP contribution in [0.1, 0.15) is 51.9 Å². The summed E-state index contributed by atoms with van der Waals surface area (Å²) in [6.45, 7) is 2.92. The van der Waals surface area contributed by atoms with Crippen LogP contribution in [0.5, 0.6) is 0 Å². The van der Waals surface area contributed by atoms with Crippen molar-refractivity contribution >= 4 is 6.03 Å². The predicted octanol–water partition coefficient (Wildman–Crippen LogP) is 2.10. The number of amides is 2. The lowest BCUT2D eigenvalue weighted by atomic mass is 9.96. The van der Waals surface area contributed by atoms with Gasteiger partial charge in [-0.1, -0.05) is 19.3 Å². The van der Waals surface area contributed by atoms with Crippen molar-refractivity contribution in [3.63, 3.8) is 0 Å². The van der Waals surface area contributed by atoms with Gasteiger partial charge in [-0.15, -0.1) is 0 Å². The van der Waals surface area contributed by atoms with Crippen molar-refractivity contribution in [3.8, 4) is 0 Å². The zero-order valence-corrected chi connectivity index (χ0v) is 11.7. The van der Waals surface area contributed by atoms with E-state index in [1.165, 1.54) is 32.1 Å².